The Morgan fingerprint density at radius 3 is 2.17 bits per heavy atom. The standard InChI is InChI=1S/C15H20N2O/c1-12-4-5-13(2)17(12)16-11-10-14-6-8-15(18-3)9-7-14/h4-9,16H,10-11H2,1-3H3. The van der Waals surface area contributed by atoms with Crippen LogP contribution >= 0.6 is 0 Å². The number of hydrogen-bond donors (Lipinski definition) is 1. The fourth-order valence-electron chi connectivity index (χ4n) is 2.02. The molecule has 0 spiro atoms. The van der Waals surface area contributed by atoms with Crippen LogP contribution in [0.2, 0.25) is 0 Å². The number of aromatic nitrogens is 1. The summed E-state index contributed by atoms with van der Waals surface area (Å²) in [6.07, 6.45) is 1.00. The van der Waals surface area contributed by atoms with Crippen LogP contribution in [0.1, 0.15) is 17.0 Å². The molecule has 0 aliphatic carbocycles. The van der Waals surface area contributed by atoms with E-state index in [1.165, 1.54) is 17.0 Å². The summed E-state index contributed by atoms with van der Waals surface area (Å²) in [6.45, 7) is 5.13. The van der Waals surface area contributed by atoms with Crippen molar-refractivity contribution in [2.24, 2.45) is 0 Å². The first kappa shape index (κ1) is 12.6. The van der Waals surface area contributed by atoms with Gasteiger partial charge in [-0.3, -0.25) is 4.68 Å². The summed E-state index contributed by atoms with van der Waals surface area (Å²) in [5, 5.41) is 0. The van der Waals surface area contributed by atoms with E-state index in [1.807, 2.05) is 12.1 Å². The molecule has 3 heteroatoms. The summed E-state index contributed by atoms with van der Waals surface area (Å²) in [6, 6.07) is 12.5. The van der Waals surface area contributed by atoms with E-state index >= 15 is 0 Å². The third kappa shape index (κ3) is 2.86. The lowest BCUT2D eigenvalue weighted by Gasteiger charge is -2.12. The van der Waals surface area contributed by atoms with Gasteiger partial charge < -0.3 is 10.2 Å². The van der Waals surface area contributed by atoms with Gasteiger partial charge in [0.25, 0.3) is 0 Å². The molecule has 0 fully saturated rings. The zero-order valence-electron chi connectivity index (χ0n) is 11.2. The van der Waals surface area contributed by atoms with Crippen molar-refractivity contribution in [1.29, 1.82) is 0 Å². The average Bonchev–Trinajstić information content (AvgIpc) is 2.71. The molecule has 0 radical (unpaired) electrons. The highest BCUT2D eigenvalue weighted by Crippen LogP contribution is 2.11. The summed E-state index contributed by atoms with van der Waals surface area (Å²) >= 11 is 0. The van der Waals surface area contributed by atoms with Crippen molar-refractivity contribution < 1.29 is 4.74 Å². The second-order valence-corrected chi connectivity index (χ2v) is 4.46. The third-order valence-electron chi connectivity index (χ3n) is 3.11. The van der Waals surface area contributed by atoms with Gasteiger partial charge in [-0.15, -0.1) is 0 Å². The lowest BCUT2D eigenvalue weighted by atomic mass is 10.1. The number of rotatable bonds is 5. The van der Waals surface area contributed by atoms with Gasteiger partial charge in [-0.05, 0) is 50.1 Å². The van der Waals surface area contributed by atoms with Crippen LogP contribution in [-0.2, 0) is 6.42 Å². The molecule has 2 aromatic rings. The summed E-state index contributed by atoms with van der Waals surface area (Å²) in [4.78, 5) is 0. The zero-order chi connectivity index (χ0) is 13.0. The zero-order valence-corrected chi connectivity index (χ0v) is 11.2. The van der Waals surface area contributed by atoms with E-state index < -0.39 is 0 Å². The Kier molecular flexibility index (Phi) is 3.92. The predicted molar refractivity (Wildman–Crippen MR) is 74.8 cm³/mol. The highest BCUT2D eigenvalue weighted by atomic mass is 16.5. The van der Waals surface area contributed by atoms with Crippen LogP contribution in [-0.4, -0.2) is 18.3 Å². The molecular formula is C15H20N2O. The minimum absolute atomic E-state index is 0.906. The maximum Gasteiger partial charge on any atom is 0.118 e. The van der Waals surface area contributed by atoms with E-state index in [0.717, 1.165) is 18.7 Å². The first-order valence-corrected chi connectivity index (χ1v) is 6.22. The molecule has 1 heterocycles. The van der Waals surface area contributed by atoms with Crippen molar-refractivity contribution in [2.75, 3.05) is 19.1 Å². The Labute approximate surface area is 108 Å². The number of hydrogen-bond acceptors (Lipinski definition) is 2. The highest BCUT2D eigenvalue weighted by Gasteiger charge is 2.00. The van der Waals surface area contributed by atoms with Crippen molar-refractivity contribution in [1.82, 2.24) is 4.68 Å². The molecule has 0 saturated carbocycles. The molecular weight excluding hydrogens is 224 g/mol. The predicted octanol–water partition coefficient (Wildman–Crippen LogP) is 2.90. The maximum absolute atomic E-state index is 5.14. The summed E-state index contributed by atoms with van der Waals surface area (Å²) < 4.78 is 7.27. The van der Waals surface area contributed by atoms with Gasteiger partial charge in [0.05, 0.1) is 7.11 Å². The molecule has 2 rings (SSSR count). The molecule has 0 saturated heterocycles. The van der Waals surface area contributed by atoms with Gasteiger partial charge in [-0.25, -0.2) is 0 Å². The second-order valence-electron chi connectivity index (χ2n) is 4.46. The monoisotopic (exact) mass is 244 g/mol. The highest BCUT2D eigenvalue weighted by molar-refractivity contribution is 5.27. The van der Waals surface area contributed by atoms with Gasteiger partial charge in [0.15, 0.2) is 0 Å². The summed E-state index contributed by atoms with van der Waals surface area (Å²) in [7, 11) is 1.69. The molecule has 0 atom stereocenters. The molecule has 1 N–H and O–H groups in total. The van der Waals surface area contributed by atoms with Gasteiger partial charge in [-0.1, -0.05) is 12.1 Å². The maximum atomic E-state index is 5.14. The second kappa shape index (κ2) is 5.63. The first-order chi connectivity index (χ1) is 8.70. The van der Waals surface area contributed by atoms with Crippen molar-refractivity contribution >= 4 is 0 Å². The summed E-state index contributed by atoms with van der Waals surface area (Å²) in [5.41, 5.74) is 7.21. The van der Waals surface area contributed by atoms with Gasteiger partial charge in [0.1, 0.15) is 5.75 Å². The smallest absolute Gasteiger partial charge is 0.118 e. The molecule has 1 aromatic carbocycles. The minimum Gasteiger partial charge on any atom is -0.497 e. The molecule has 0 bridgehead atoms. The van der Waals surface area contributed by atoms with Crippen LogP contribution in [0.3, 0.4) is 0 Å². The number of ether oxygens (including phenoxy) is 1. The molecule has 18 heavy (non-hydrogen) atoms. The average molecular weight is 244 g/mol. The van der Waals surface area contributed by atoms with Crippen LogP contribution in [0, 0.1) is 13.8 Å². The third-order valence-corrected chi connectivity index (χ3v) is 3.11. The van der Waals surface area contributed by atoms with Crippen LogP contribution in [0.25, 0.3) is 0 Å². The van der Waals surface area contributed by atoms with Gasteiger partial charge in [-0.2, -0.15) is 0 Å². The van der Waals surface area contributed by atoms with E-state index in [1.54, 1.807) is 7.11 Å². The molecule has 0 aliphatic heterocycles. The molecule has 1 aromatic heterocycles. The molecule has 0 amide bonds. The number of methoxy groups -OCH3 is 1. The number of aryl methyl sites for hydroxylation is 2. The fraction of sp³-hybridized carbons (Fsp3) is 0.333. The minimum atomic E-state index is 0.906. The molecule has 96 valence electrons. The topological polar surface area (TPSA) is 26.2 Å². The van der Waals surface area contributed by atoms with Crippen LogP contribution in [0.5, 0.6) is 5.75 Å². The molecule has 0 unspecified atom stereocenters. The van der Waals surface area contributed by atoms with E-state index in [9.17, 15) is 0 Å². The van der Waals surface area contributed by atoms with Crippen molar-refractivity contribution in [3.63, 3.8) is 0 Å². The Morgan fingerprint density at radius 2 is 1.61 bits per heavy atom. The quantitative estimate of drug-likeness (QED) is 0.875. The van der Waals surface area contributed by atoms with Crippen LogP contribution in [0.15, 0.2) is 36.4 Å². The lowest BCUT2D eigenvalue weighted by Crippen LogP contribution is -2.19. The van der Waals surface area contributed by atoms with Crippen LogP contribution < -0.4 is 10.2 Å². The Balaban J connectivity index is 1.88. The number of benzene rings is 1. The first-order valence-electron chi connectivity index (χ1n) is 6.22. The summed E-state index contributed by atoms with van der Waals surface area (Å²) in [5.74, 6) is 0.906. The van der Waals surface area contributed by atoms with Crippen LogP contribution in [0.4, 0.5) is 0 Å². The molecule has 3 nitrogen and oxygen atoms in total. The van der Waals surface area contributed by atoms with Gasteiger partial charge in [0, 0.05) is 17.9 Å². The lowest BCUT2D eigenvalue weighted by molar-refractivity contribution is 0.414. The normalized spacial score (nSPS) is 10.4. The van der Waals surface area contributed by atoms with Gasteiger partial charge >= 0.3 is 0 Å². The van der Waals surface area contributed by atoms with E-state index in [4.69, 9.17) is 4.74 Å². The fourth-order valence-corrected chi connectivity index (χ4v) is 2.02. The van der Waals surface area contributed by atoms with E-state index in [2.05, 4.69) is 48.2 Å². The Bertz CT molecular complexity index is 480. The Hall–Kier alpha value is -1.90. The van der Waals surface area contributed by atoms with Crippen molar-refractivity contribution in [3.05, 3.63) is 53.3 Å². The SMILES string of the molecule is COc1ccc(CCNn2c(C)ccc2C)cc1. The number of nitrogens with one attached hydrogen (secondary N) is 1. The number of nitrogens with zero attached hydrogens (tertiary/aromatic N) is 1. The molecule has 0 aliphatic rings. The van der Waals surface area contributed by atoms with E-state index in [-0.39, 0.29) is 0 Å². The van der Waals surface area contributed by atoms with Crippen molar-refractivity contribution in [2.45, 2.75) is 20.3 Å². The largest absolute Gasteiger partial charge is 0.497 e. The van der Waals surface area contributed by atoms with E-state index in [0.29, 0.717) is 0 Å². The Morgan fingerprint density at radius 1 is 1.00 bits per heavy atom. The van der Waals surface area contributed by atoms with Gasteiger partial charge in [0.2, 0.25) is 0 Å². The van der Waals surface area contributed by atoms with Crippen molar-refractivity contribution in [3.8, 4) is 5.75 Å².